The predicted molar refractivity (Wildman–Crippen MR) is 66.5 cm³/mol. The molecular weight excluding hydrogens is 217 g/mol. The molecule has 1 saturated heterocycles. The summed E-state index contributed by atoms with van der Waals surface area (Å²) in [6.07, 6.45) is 1.17. The molecule has 2 nitrogen and oxygen atoms in total. The van der Waals surface area contributed by atoms with Crippen LogP contribution < -0.4 is 0 Å². The van der Waals surface area contributed by atoms with Crippen LogP contribution in [0.5, 0.6) is 5.75 Å². The standard InChI is InChI=1S/C14H20FNO/c1-10(16-7-6-14(2,3)9-16)12-5-4-11(15)8-13(12)17/h4-5,8,10,17H,6-7,9H2,1-3H3. The van der Waals surface area contributed by atoms with Gasteiger partial charge in [-0.2, -0.15) is 0 Å². The molecular formula is C14H20FNO. The van der Waals surface area contributed by atoms with Crippen LogP contribution in [0, 0.1) is 11.2 Å². The van der Waals surface area contributed by atoms with Crippen molar-refractivity contribution in [2.75, 3.05) is 13.1 Å². The smallest absolute Gasteiger partial charge is 0.126 e. The average molecular weight is 237 g/mol. The molecule has 1 N–H and O–H groups in total. The van der Waals surface area contributed by atoms with Crippen LogP contribution in [-0.4, -0.2) is 23.1 Å². The third-order valence-corrected chi connectivity index (χ3v) is 3.70. The van der Waals surface area contributed by atoms with Gasteiger partial charge in [0.2, 0.25) is 0 Å². The summed E-state index contributed by atoms with van der Waals surface area (Å²) in [5.41, 5.74) is 1.15. The summed E-state index contributed by atoms with van der Waals surface area (Å²) in [4.78, 5) is 2.34. The lowest BCUT2D eigenvalue weighted by Crippen LogP contribution is -2.26. The lowest BCUT2D eigenvalue weighted by Gasteiger charge is -2.26. The summed E-state index contributed by atoms with van der Waals surface area (Å²) in [7, 11) is 0. The first-order chi connectivity index (χ1) is 7.89. The molecule has 0 aromatic heterocycles. The Morgan fingerprint density at radius 1 is 1.41 bits per heavy atom. The average Bonchev–Trinajstić information content (AvgIpc) is 2.58. The van der Waals surface area contributed by atoms with Crippen molar-refractivity contribution < 1.29 is 9.50 Å². The van der Waals surface area contributed by atoms with Crippen LogP contribution in [0.4, 0.5) is 4.39 Å². The van der Waals surface area contributed by atoms with Gasteiger partial charge < -0.3 is 5.11 Å². The summed E-state index contributed by atoms with van der Waals surface area (Å²) in [6, 6.07) is 4.41. The Bertz CT molecular complexity index is 417. The number of nitrogens with zero attached hydrogens (tertiary/aromatic N) is 1. The topological polar surface area (TPSA) is 23.5 Å². The molecule has 1 aromatic carbocycles. The molecule has 0 radical (unpaired) electrons. The van der Waals surface area contributed by atoms with Crippen LogP contribution in [-0.2, 0) is 0 Å². The van der Waals surface area contributed by atoms with Gasteiger partial charge in [0.05, 0.1) is 0 Å². The lowest BCUT2D eigenvalue weighted by atomic mass is 9.93. The van der Waals surface area contributed by atoms with Gasteiger partial charge in [-0.3, -0.25) is 4.90 Å². The number of benzene rings is 1. The van der Waals surface area contributed by atoms with Crippen molar-refractivity contribution >= 4 is 0 Å². The molecule has 1 fully saturated rings. The third-order valence-electron chi connectivity index (χ3n) is 3.70. The lowest BCUT2D eigenvalue weighted by molar-refractivity contribution is 0.228. The van der Waals surface area contributed by atoms with Crippen molar-refractivity contribution in [2.45, 2.75) is 33.2 Å². The van der Waals surface area contributed by atoms with E-state index in [-0.39, 0.29) is 17.6 Å². The number of likely N-dealkylation sites (tertiary alicyclic amines) is 1. The fourth-order valence-electron chi connectivity index (χ4n) is 2.55. The zero-order chi connectivity index (χ0) is 12.6. The molecule has 94 valence electrons. The normalized spacial score (nSPS) is 21.6. The van der Waals surface area contributed by atoms with E-state index in [0.29, 0.717) is 5.41 Å². The molecule has 1 aliphatic heterocycles. The van der Waals surface area contributed by atoms with Crippen LogP contribution in [0.1, 0.15) is 38.8 Å². The van der Waals surface area contributed by atoms with Gasteiger partial charge in [0.25, 0.3) is 0 Å². The van der Waals surface area contributed by atoms with E-state index < -0.39 is 0 Å². The fourth-order valence-corrected chi connectivity index (χ4v) is 2.55. The molecule has 1 aliphatic rings. The van der Waals surface area contributed by atoms with Gasteiger partial charge in [-0.15, -0.1) is 0 Å². The number of aromatic hydroxyl groups is 1. The maximum atomic E-state index is 12.9. The summed E-state index contributed by atoms with van der Waals surface area (Å²) in [5.74, 6) is -0.331. The van der Waals surface area contributed by atoms with Crippen LogP contribution in [0.2, 0.25) is 0 Å². The molecule has 0 bridgehead atoms. The highest BCUT2D eigenvalue weighted by Crippen LogP contribution is 2.36. The minimum absolute atomic E-state index is 0.0576. The fraction of sp³-hybridized carbons (Fsp3) is 0.571. The van der Waals surface area contributed by atoms with E-state index >= 15 is 0 Å². The molecule has 0 amide bonds. The second-order valence-corrected chi connectivity index (χ2v) is 5.76. The molecule has 0 saturated carbocycles. The van der Waals surface area contributed by atoms with E-state index in [1.165, 1.54) is 18.6 Å². The number of halogens is 1. The second-order valence-electron chi connectivity index (χ2n) is 5.76. The number of hydrogen-bond acceptors (Lipinski definition) is 2. The van der Waals surface area contributed by atoms with Crippen molar-refractivity contribution in [1.82, 2.24) is 4.90 Å². The first-order valence-corrected chi connectivity index (χ1v) is 6.11. The van der Waals surface area contributed by atoms with E-state index in [1.807, 2.05) is 0 Å². The minimum atomic E-state index is -0.389. The van der Waals surface area contributed by atoms with E-state index in [1.54, 1.807) is 6.07 Å². The highest BCUT2D eigenvalue weighted by atomic mass is 19.1. The molecule has 0 spiro atoms. The molecule has 17 heavy (non-hydrogen) atoms. The Hall–Kier alpha value is -1.09. The summed E-state index contributed by atoms with van der Waals surface area (Å²) in [5, 5.41) is 9.79. The van der Waals surface area contributed by atoms with E-state index in [2.05, 4.69) is 25.7 Å². The molecule has 1 heterocycles. The van der Waals surface area contributed by atoms with Gasteiger partial charge in [-0.1, -0.05) is 19.9 Å². The molecule has 1 aromatic rings. The number of hydrogen-bond donors (Lipinski definition) is 1. The molecule has 3 heteroatoms. The summed E-state index contributed by atoms with van der Waals surface area (Å²) < 4.78 is 12.9. The van der Waals surface area contributed by atoms with Crippen molar-refractivity contribution in [3.05, 3.63) is 29.6 Å². The summed E-state index contributed by atoms with van der Waals surface area (Å²) >= 11 is 0. The maximum absolute atomic E-state index is 12.9. The number of phenols is 1. The van der Waals surface area contributed by atoms with Crippen molar-refractivity contribution in [2.24, 2.45) is 5.41 Å². The maximum Gasteiger partial charge on any atom is 0.126 e. The number of phenolic OH excluding ortho intramolecular Hbond substituents is 1. The largest absolute Gasteiger partial charge is 0.508 e. The quantitative estimate of drug-likeness (QED) is 0.853. The van der Waals surface area contributed by atoms with E-state index in [9.17, 15) is 9.50 Å². The summed E-state index contributed by atoms with van der Waals surface area (Å²) in [6.45, 7) is 8.62. The van der Waals surface area contributed by atoms with E-state index in [4.69, 9.17) is 0 Å². The predicted octanol–water partition coefficient (Wildman–Crippen LogP) is 3.32. The zero-order valence-corrected chi connectivity index (χ0v) is 10.7. The third kappa shape index (κ3) is 2.60. The van der Waals surface area contributed by atoms with Crippen LogP contribution >= 0.6 is 0 Å². The Morgan fingerprint density at radius 2 is 2.12 bits per heavy atom. The van der Waals surface area contributed by atoms with Gasteiger partial charge in [0.1, 0.15) is 11.6 Å². The molecule has 1 atom stereocenters. The van der Waals surface area contributed by atoms with Gasteiger partial charge in [0.15, 0.2) is 0 Å². The molecule has 0 aliphatic carbocycles. The Kier molecular flexibility index (Phi) is 3.13. The van der Waals surface area contributed by atoms with Crippen LogP contribution in [0.15, 0.2) is 18.2 Å². The van der Waals surface area contributed by atoms with E-state index in [0.717, 1.165) is 18.7 Å². The van der Waals surface area contributed by atoms with Crippen molar-refractivity contribution in [1.29, 1.82) is 0 Å². The van der Waals surface area contributed by atoms with Crippen molar-refractivity contribution in [3.8, 4) is 5.75 Å². The first kappa shape index (κ1) is 12.4. The second kappa shape index (κ2) is 4.30. The zero-order valence-electron chi connectivity index (χ0n) is 10.7. The van der Waals surface area contributed by atoms with Gasteiger partial charge >= 0.3 is 0 Å². The monoisotopic (exact) mass is 237 g/mol. The number of rotatable bonds is 2. The van der Waals surface area contributed by atoms with Crippen LogP contribution in [0.25, 0.3) is 0 Å². The highest BCUT2D eigenvalue weighted by Gasteiger charge is 2.32. The van der Waals surface area contributed by atoms with Gasteiger partial charge in [-0.25, -0.2) is 4.39 Å². The molecule has 1 unspecified atom stereocenters. The Balaban J connectivity index is 2.17. The highest BCUT2D eigenvalue weighted by molar-refractivity contribution is 5.35. The van der Waals surface area contributed by atoms with Gasteiger partial charge in [-0.05, 0) is 31.4 Å². The SMILES string of the molecule is CC(c1ccc(F)cc1O)N1CCC(C)(C)C1. The van der Waals surface area contributed by atoms with Crippen molar-refractivity contribution in [3.63, 3.8) is 0 Å². The first-order valence-electron chi connectivity index (χ1n) is 6.11. The molecule has 2 rings (SSSR count). The Morgan fingerprint density at radius 3 is 2.65 bits per heavy atom. The van der Waals surface area contributed by atoms with Gasteiger partial charge in [0, 0.05) is 24.2 Å². The van der Waals surface area contributed by atoms with Crippen LogP contribution in [0.3, 0.4) is 0 Å². The minimum Gasteiger partial charge on any atom is -0.508 e. The Labute approximate surface area is 102 Å².